The van der Waals surface area contributed by atoms with Crippen LogP contribution in [0.15, 0.2) is 12.4 Å². The van der Waals surface area contributed by atoms with E-state index in [0.717, 1.165) is 0 Å². The van der Waals surface area contributed by atoms with Crippen molar-refractivity contribution < 1.29 is 9.59 Å². The monoisotopic (exact) mass is 236 g/mol. The molecule has 0 aromatic carbocycles. The van der Waals surface area contributed by atoms with E-state index in [2.05, 4.69) is 10.4 Å². The van der Waals surface area contributed by atoms with Gasteiger partial charge in [-0.3, -0.25) is 19.2 Å². The van der Waals surface area contributed by atoms with Gasteiger partial charge in [-0.15, -0.1) is 0 Å². The van der Waals surface area contributed by atoms with Crippen LogP contribution in [0, 0.1) is 0 Å². The Balaban J connectivity index is 2.30. The predicted octanol–water partition coefficient (Wildman–Crippen LogP) is 0.315. The van der Waals surface area contributed by atoms with Crippen LogP contribution in [0.2, 0.25) is 0 Å². The maximum Gasteiger partial charge on any atom is 0.247 e. The molecule has 6 nitrogen and oxygen atoms in total. The minimum Gasteiger partial charge on any atom is -0.345 e. The third-order valence-corrected chi connectivity index (χ3v) is 2.84. The molecule has 1 aromatic rings. The summed E-state index contributed by atoms with van der Waals surface area (Å²) in [6.45, 7) is 5.77. The number of carbonyl (C=O) groups is 2. The molecule has 6 heteroatoms. The van der Waals surface area contributed by atoms with E-state index in [9.17, 15) is 9.59 Å². The smallest absolute Gasteiger partial charge is 0.247 e. The molecule has 0 aliphatic carbocycles. The van der Waals surface area contributed by atoms with Gasteiger partial charge in [0.05, 0.1) is 18.4 Å². The van der Waals surface area contributed by atoms with Gasteiger partial charge in [-0.25, -0.2) is 0 Å². The molecule has 1 fully saturated rings. The number of piperazine rings is 1. The van der Waals surface area contributed by atoms with Crippen molar-refractivity contribution in [2.45, 2.75) is 32.9 Å². The molecule has 1 N–H and O–H groups in total. The number of nitrogens with zero attached hydrogens (tertiary/aromatic N) is 3. The molecule has 1 unspecified atom stereocenters. The molecule has 2 amide bonds. The fourth-order valence-electron chi connectivity index (χ4n) is 1.83. The number of rotatable bonds is 2. The molecule has 0 bridgehead atoms. The van der Waals surface area contributed by atoms with Gasteiger partial charge in [-0.1, -0.05) is 0 Å². The summed E-state index contributed by atoms with van der Waals surface area (Å²) in [5.41, 5.74) is 0.672. The van der Waals surface area contributed by atoms with Crippen LogP contribution in [0.25, 0.3) is 0 Å². The maximum atomic E-state index is 11.8. The van der Waals surface area contributed by atoms with Crippen LogP contribution in [0.1, 0.15) is 26.8 Å². The first-order valence-corrected chi connectivity index (χ1v) is 5.64. The number of hydrogen-bond donors (Lipinski definition) is 1. The molecule has 0 radical (unpaired) electrons. The zero-order valence-electron chi connectivity index (χ0n) is 10.2. The molecule has 2 rings (SSSR count). The van der Waals surface area contributed by atoms with Crippen LogP contribution in [-0.2, 0) is 9.59 Å². The van der Waals surface area contributed by atoms with Crippen molar-refractivity contribution in [2.75, 3.05) is 11.4 Å². The van der Waals surface area contributed by atoms with Crippen molar-refractivity contribution in [3.8, 4) is 0 Å². The Kier molecular flexibility index (Phi) is 2.87. The summed E-state index contributed by atoms with van der Waals surface area (Å²) in [5.74, 6) is -0.248. The Bertz CT molecular complexity index is 452. The molecule has 1 aliphatic rings. The number of hydrogen-bond acceptors (Lipinski definition) is 3. The molecular weight excluding hydrogens is 220 g/mol. The second-order valence-corrected chi connectivity index (χ2v) is 4.43. The average Bonchev–Trinajstić information content (AvgIpc) is 2.73. The second-order valence-electron chi connectivity index (χ2n) is 4.43. The first kappa shape index (κ1) is 11.6. The van der Waals surface area contributed by atoms with E-state index in [-0.39, 0.29) is 24.4 Å². The fourth-order valence-corrected chi connectivity index (χ4v) is 1.83. The lowest BCUT2D eigenvalue weighted by Crippen LogP contribution is -2.57. The van der Waals surface area contributed by atoms with Crippen LogP contribution in [0.3, 0.4) is 0 Å². The minimum atomic E-state index is -0.485. The lowest BCUT2D eigenvalue weighted by atomic mass is 10.2. The van der Waals surface area contributed by atoms with Gasteiger partial charge in [0.15, 0.2) is 0 Å². The fraction of sp³-hybridized carbons (Fsp3) is 0.545. The third kappa shape index (κ3) is 2.02. The number of aromatic nitrogens is 2. The quantitative estimate of drug-likeness (QED) is 0.804. The molecule has 2 heterocycles. The molecule has 92 valence electrons. The van der Waals surface area contributed by atoms with Crippen molar-refractivity contribution in [1.29, 1.82) is 0 Å². The van der Waals surface area contributed by atoms with Crippen molar-refractivity contribution in [3.63, 3.8) is 0 Å². The Labute approximate surface area is 99.6 Å². The van der Waals surface area contributed by atoms with Crippen molar-refractivity contribution >= 4 is 17.5 Å². The van der Waals surface area contributed by atoms with E-state index >= 15 is 0 Å². The van der Waals surface area contributed by atoms with Gasteiger partial charge in [-0.05, 0) is 20.8 Å². The molecule has 1 saturated heterocycles. The summed E-state index contributed by atoms with van der Waals surface area (Å²) in [4.78, 5) is 24.8. The summed E-state index contributed by atoms with van der Waals surface area (Å²) in [7, 11) is 0. The van der Waals surface area contributed by atoms with Gasteiger partial charge in [0.1, 0.15) is 6.04 Å². The normalized spacial score (nSPS) is 20.9. The Hall–Kier alpha value is -1.85. The maximum absolute atomic E-state index is 11.8. The SMILES string of the molecule is CC1C(=O)NCC(=O)N1c1cnn(C(C)C)c1. The Morgan fingerprint density at radius 2 is 2.18 bits per heavy atom. The summed E-state index contributed by atoms with van der Waals surface area (Å²) in [5, 5.41) is 6.73. The molecule has 1 aromatic heterocycles. The van der Waals surface area contributed by atoms with Gasteiger partial charge in [0, 0.05) is 12.2 Å². The number of anilines is 1. The second kappa shape index (κ2) is 4.20. The summed E-state index contributed by atoms with van der Waals surface area (Å²) in [6, 6.07) is -0.256. The topological polar surface area (TPSA) is 67.2 Å². The first-order valence-electron chi connectivity index (χ1n) is 5.64. The number of amides is 2. The lowest BCUT2D eigenvalue weighted by molar-refractivity contribution is -0.130. The van der Waals surface area contributed by atoms with Crippen molar-refractivity contribution in [1.82, 2.24) is 15.1 Å². The highest BCUT2D eigenvalue weighted by Crippen LogP contribution is 2.20. The van der Waals surface area contributed by atoms with Crippen molar-refractivity contribution in [3.05, 3.63) is 12.4 Å². The highest BCUT2D eigenvalue weighted by molar-refractivity contribution is 6.06. The van der Waals surface area contributed by atoms with E-state index in [1.165, 1.54) is 4.90 Å². The molecule has 17 heavy (non-hydrogen) atoms. The van der Waals surface area contributed by atoms with Crippen molar-refractivity contribution in [2.24, 2.45) is 0 Å². The Morgan fingerprint density at radius 1 is 1.47 bits per heavy atom. The van der Waals surface area contributed by atoms with E-state index < -0.39 is 6.04 Å². The van der Waals surface area contributed by atoms with Gasteiger partial charge in [0.25, 0.3) is 0 Å². The Morgan fingerprint density at radius 3 is 2.76 bits per heavy atom. The highest BCUT2D eigenvalue weighted by atomic mass is 16.2. The van der Waals surface area contributed by atoms with Gasteiger partial charge in [-0.2, -0.15) is 5.10 Å². The molecule has 0 spiro atoms. The van der Waals surface area contributed by atoms with Gasteiger partial charge >= 0.3 is 0 Å². The summed E-state index contributed by atoms with van der Waals surface area (Å²) >= 11 is 0. The summed E-state index contributed by atoms with van der Waals surface area (Å²) in [6.07, 6.45) is 3.41. The van der Waals surface area contributed by atoms with Crippen LogP contribution in [0.4, 0.5) is 5.69 Å². The van der Waals surface area contributed by atoms with Gasteiger partial charge < -0.3 is 5.32 Å². The first-order chi connectivity index (χ1) is 8.00. The zero-order valence-corrected chi connectivity index (χ0v) is 10.2. The number of nitrogens with one attached hydrogen (secondary N) is 1. The summed E-state index contributed by atoms with van der Waals surface area (Å²) < 4.78 is 1.77. The zero-order chi connectivity index (χ0) is 12.6. The van der Waals surface area contributed by atoms with Crippen LogP contribution >= 0.6 is 0 Å². The van der Waals surface area contributed by atoms with Crippen LogP contribution in [0.5, 0.6) is 0 Å². The lowest BCUT2D eigenvalue weighted by Gasteiger charge is -2.31. The molecular formula is C11H16N4O2. The largest absolute Gasteiger partial charge is 0.345 e. The third-order valence-electron chi connectivity index (χ3n) is 2.84. The van der Waals surface area contributed by atoms with E-state index in [1.54, 1.807) is 24.0 Å². The van der Waals surface area contributed by atoms with E-state index in [4.69, 9.17) is 0 Å². The van der Waals surface area contributed by atoms with Gasteiger partial charge in [0.2, 0.25) is 11.8 Å². The molecule has 1 aliphatic heterocycles. The minimum absolute atomic E-state index is 0.0516. The van der Waals surface area contributed by atoms with E-state index in [0.29, 0.717) is 5.69 Å². The number of carbonyl (C=O) groups excluding carboxylic acids is 2. The van der Waals surface area contributed by atoms with Crippen LogP contribution < -0.4 is 10.2 Å². The standard InChI is InChI=1S/C11H16N4O2/c1-7(2)14-6-9(4-13-14)15-8(3)11(17)12-5-10(15)16/h4,6-8H,5H2,1-3H3,(H,12,17). The predicted molar refractivity (Wildman–Crippen MR) is 62.6 cm³/mol. The molecule has 0 saturated carbocycles. The van der Waals surface area contributed by atoms with Crippen LogP contribution in [-0.4, -0.2) is 34.2 Å². The van der Waals surface area contributed by atoms with E-state index in [1.807, 2.05) is 13.8 Å². The average molecular weight is 236 g/mol. The molecule has 1 atom stereocenters. The highest BCUT2D eigenvalue weighted by Gasteiger charge is 2.32.